The van der Waals surface area contributed by atoms with Crippen molar-refractivity contribution in [1.29, 1.82) is 0 Å². The monoisotopic (exact) mass is 318 g/mol. The minimum atomic E-state index is -0.926. The summed E-state index contributed by atoms with van der Waals surface area (Å²) in [6.07, 6.45) is 1.14. The fraction of sp³-hybridized carbons (Fsp3) is 0.357. The number of carbonyl (C=O) groups is 2. The number of piperidine rings is 1. The number of aromatic amines is 1. The third-order valence-corrected chi connectivity index (χ3v) is 4.02. The fourth-order valence-corrected chi connectivity index (χ4v) is 2.79. The van der Waals surface area contributed by atoms with Crippen molar-refractivity contribution in [2.24, 2.45) is 5.92 Å². The summed E-state index contributed by atoms with van der Waals surface area (Å²) in [6, 6.07) is 4.12. The number of nitrogens with one attached hydrogen (secondary N) is 1. The molecule has 0 saturated carbocycles. The quantitative estimate of drug-likeness (QED) is 0.650. The molecule has 1 saturated heterocycles. The molecular formula is C14H14N4O5. The van der Waals surface area contributed by atoms with Gasteiger partial charge in [-0.1, -0.05) is 0 Å². The molecule has 1 aromatic carbocycles. The highest BCUT2D eigenvalue weighted by molar-refractivity contribution is 6.05. The lowest BCUT2D eigenvalue weighted by Crippen LogP contribution is -2.42. The molecule has 1 fully saturated rings. The summed E-state index contributed by atoms with van der Waals surface area (Å²) in [4.78, 5) is 35.5. The molecule has 0 bridgehead atoms. The average molecular weight is 318 g/mol. The maximum Gasteiger partial charge on any atom is 0.308 e. The Morgan fingerprint density at radius 2 is 2.22 bits per heavy atom. The van der Waals surface area contributed by atoms with Gasteiger partial charge in [-0.15, -0.1) is 0 Å². The number of carboxylic acids is 1. The van der Waals surface area contributed by atoms with E-state index in [1.807, 2.05) is 0 Å². The minimum Gasteiger partial charge on any atom is -0.481 e. The summed E-state index contributed by atoms with van der Waals surface area (Å²) in [5, 5.41) is 27.0. The predicted octanol–water partition coefficient (Wildman–Crippen LogP) is 1.41. The van der Waals surface area contributed by atoms with Crippen molar-refractivity contribution in [2.75, 3.05) is 13.1 Å². The zero-order valence-electron chi connectivity index (χ0n) is 12.1. The van der Waals surface area contributed by atoms with Crippen LogP contribution >= 0.6 is 0 Å². The van der Waals surface area contributed by atoms with Crippen LogP contribution in [0.25, 0.3) is 10.9 Å². The zero-order valence-corrected chi connectivity index (χ0v) is 12.1. The van der Waals surface area contributed by atoms with Gasteiger partial charge in [0.25, 0.3) is 11.6 Å². The predicted molar refractivity (Wildman–Crippen MR) is 79.0 cm³/mol. The Kier molecular flexibility index (Phi) is 3.68. The maximum absolute atomic E-state index is 12.6. The molecule has 120 valence electrons. The first-order chi connectivity index (χ1) is 11.0. The van der Waals surface area contributed by atoms with Gasteiger partial charge in [0.1, 0.15) is 0 Å². The first-order valence-electron chi connectivity index (χ1n) is 7.12. The van der Waals surface area contributed by atoms with Crippen molar-refractivity contribution >= 4 is 28.5 Å². The van der Waals surface area contributed by atoms with Crippen LogP contribution in [0.5, 0.6) is 0 Å². The number of rotatable bonds is 3. The lowest BCUT2D eigenvalue weighted by Gasteiger charge is -2.30. The Bertz CT molecular complexity index is 800. The number of hydrogen-bond donors (Lipinski definition) is 2. The van der Waals surface area contributed by atoms with Crippen LogP contribution in [0.2, 0.25) is 0 Å². The molecule has 9 nitrogen and oxygen atoms in total. The third kappa shape index (κ3) is 2.72. The number of likely N-dealkylation sites (tertiary alicyclic amines) is 1. The normalized spacial score (nSPS) is 18.1. The van der Waals surface area contributed by atoms with E-state index in [2.05, 4.69) is 10.2 Å². The number of aliphatic carboxylic acids is 1. The largest absolute Gasteiger partial charge is 0.481 e. The van der Waals surface area contributed by atoms with Gasteiger partial charge in [-0.2, -0.15) is 5.10 Å². The molecule has 1 atom stereocenters. The molecule has 23 heavy (non-hydrogen) atoms. The Morgan fingerprint density at radius 3 is 2.91 bits per heavy atom. The van der Waals surface area contributed by atoms with E-state index >= 15 is 0 Å². The van der Waals surface area contributed by atoms with E-state index < -0.39 is 22.7 Å². The number of amides is 1. The molecule has 0 radical (unpaired) electrons. The molecule has 2 aromatic rings. The summed E-state index contributed by atoms with van der Waals surface area (Å²) >= 11 is 0. The van der Waals surface area contributed by atoms with Gasteiger partial charge in [0.2, 0.25) is 0 Å². The number of non-ortho nitro benzene ring substituents is 1. The number of hydrogen-bond acceptors (Lipinski definition) is 5. The maximum atomic E-state index is 12.6. The molecule has 0 unspecified atom stereocenters. The Balaban J connectivity index is 1.93. The van der Waals surface area contributed by atoms with E-state index in [0.717, 1.165) is 0 Å². The number of nitrogens with zero attached hydrogens (tertiary/aromatic N) is 3. The van der Waals surface area contributed by atoms with Crippen LogP contribution in [0.15, 0.2) is 18.2 Å². The van der Waals surface area contributed by atoms with Crippen LogP contribution in [0.1, 0.15) is 23.3 Å². The van der Waals surface area contributed by atoms with Gasteiger partial charge in [0.05, 0.1) is 16.4 Å². The Hall–Kier alpha value is -2.97. The van der Waals surface area contributed by atoms with Gasteiger partial charge in [0, 0.05) is 30.6 Å². The van der Waals surface area contributed by atoms with Crippen molar-refractivity contribution in [3.63, 3.8) is 0 Å². The first kappa shape index (κ1) is 14.9. The summed E-state index contributed by atoms with van der Waals surface area (Å²) in [7, 11) is 0. The summed E-state index contributed by atoms with van der Waals surface area (Å²) in [5.74, 6) is -1.93. The number of aromatic nitrogens is 2. The van der Waals surface area contributed by atoms with Crippen LogP contribution in [0.3, 0.4) is 0 Å². The van der Waals surface area contributed by atoms with E-state index in [4.69, 9.17) is 5.11 Å². The van der Waals surface area contributed by atoms with Gasteiger partial charge in [-0.25, -0.2) is 0 Å². The van der Waals surface area contributed by atoms with Crippen molar-refractivity contribution in [2.45, 2.75) is 12.8 Å². The minimum absolute atomic E-state index is 0.0785. The van der Waals surface area contributed by atoms with E-state index in [1.165, 1.54) is 23.1 Å². The number of nitro benzene ring substituents is 1. The van der Waals surface area contributed by atoms with Crippen LogP contribution < -0.4 is 0 Å². The number of H-pyrrole nitrogens is 1. The second kappa shape index (κ2) is 5.67. The molecule has 1 aliphatic heterocycles. The molecule has 2 N–H and O–H groups in total. The molecule has 1 aliphatic rings. The lowest BCUT2D eigenvalue weighted by molar-refractivity contribution is -0.384. The molecule has 9 heteroatoms. The summed E-state index contributed by atoms with van der Waals surface area (Å²) in [6.45, 7) is 0.573. The lowest BCUT2D eigenvalue weighted by atomic mass is 9.98. The van der Waals surface area contributed by atoms with Gasteiger partial charge in [0.15, 0.2) is 5.69 Å². The smallest absolute Gasteiger partial charge is 0.308 e. The number of carbonyl (C=O) groups excluding carboxylic acids is 1. The molecule has 0 spiro atoms. The second-order valence-electron chi connectivity index (χ2n) is 5.49. The fourth-order valence-electron chi connectivity index (χ4n) is 2.79. The van der Waals surface area contributed by atoms with Crippen LogP contribution in [0.4, 0.5) is 5.69 Å². The highest BCUT2D eigenvalue weighted by Gasteiger charge is 2.30. The van der Waals surface area contributed by atoms with E-state index in [1.54, 1.807) is 0 Å². The standard InChI is InChI=1S/C14H14N4O5/c19-13(17-5-1-2-8(7-17)14(20)21)12-10-6-9(18(22)23)3-4-11(10)15-16-12/h3-4,6,8H,1-2,5,7H2,(H,15,16)(H,20,21)/t8-/m0/s1. The molecule has 2 heterocycles. The first-order valence-corrected chi connectivity index (χ1v) is 7.12. The molecule has 1 aromatic heterocycles. The second-order valence-corrected chi connectivity index (χ2v) is 5.49. The molecule has 0 aliphatic carbocycles. The number of nitro groups is 1. The number of fused-ring (bicyclic) bond motifs is 1. The topological polar surface area (TPSA) is 129 Å². The summed E-state index contributed by atoms with van der Waals surface area (Å²) < 4.78 is 0. The van der Waals surface area contributed by atoms with Gasteiger partial charge < -0.3 is 10.0 Å². The zero-order chi connectivity index (χ0) is 16.6. The average Bonchev–Trinajstić information content (AvgIpc) is 2.97. The van der Waals surface area contributed by atoms with Crippen LogP contribution in [0, 0.1) is 16.0 Å². The summed E-state index contributed by atoms with van der Waals surface area (Å²) in [5.41, 5.74) is 0.468. The molecule has 3 rings (SSSR count). The van der Waals surface area contributed by atoms with Crippen molar-refractivity contribution < 1.29 is 19.6 Å². The highest BCUT2D eigenvalue weighted by atomic mass is 16.6. The van der Waals surface area contributed by atoms with Gasteiger partial charge in [-0.3, -0.25) is 24.8 Å². The highest BCUT2D eigenvalue weighted by Crippen LogP contribution is 2.25. The molecular weight excluding hydrogens is 304 g/mol. The Labute approximate surface area is 130 Å². The third-order valence-electron chi connectivity index (χ3n) is 4.02. The van der Waals surface area contributed by atoms with Crippen molar-refractivity contribution in [1.82, 2.24) is 15.1 Å². The van der Waals surface area contributed by atoms with E-state index in [0.29, 0.717) is 30.3 Å². The van der Waals surface area contributed by atoms with Crippen molar-refractivity contribution in [3.05, 3.63) is 34.0 Å². The van der Waals surface area contributed by atoms with Crippen LogP contribution in [-0.2, 0) is 4.79 Å². The van der Waals surface area contributed by atoms with Gasteiger partial charge in [-0.05, 0) is 18.9 Å². The molecule has 1 amide bonds. The Morgan fingerprint density at radius 1 is 1.43 bits per heavy atom. The van der Waals surface area contributed by atoms with Gasteiger partial charge >= 0.3 is 5.97 Å². The van der Waals surface area contributed by atoms with E-state index in [-0.39, 0.29) is 17.9 Å². The van der Waals surface area contributed by atoms with Crippen molar-refractivity contribution in [3.8, 4) is 0 Å². The number of carboxylic acid groups (broad SMARTS) is 1. The van der Waals surface area contributed by atoms with E-state index in [9.17, 15) is 19.7 Å². The van der Waals surface area contributed by atoms with Crippen LogP contribution in [-0.4, -0.2) is 50.1 Å². The number of benzene rings is 1. The SMILES string of the molecule is O=C(O)[C@H]1CCCN(C(=O)c2n[nH]c3ccc([N+](=O)[O-])cc23)C1.